The van der Waals surface area contributed by atoms with E-state index in [9.17, 15) is 18.0 Å². The van der Waals surface area contributed by atoms with Gasteiger partial charge >= 0.3 is 12.3 Å². The monoisotopic (exact) mass is 305 g/mol. The number of hydrogen-bond donors (Lipinski definition) is 2. The molecular weight excluding hydrogens is 295 g/mol. The van der Waals surface area contributed by atoms with Crippen LogP contribution >= 0.6 is 11.8 Å². The molecule has 0 atom stereocenters. The number of anilines is 1. The Bertz CT molecular complexity index is 654. The summed E-state index contributed by atoms with van der Waals surface area (Å²) in [7, 11) is 0. The molecular formula is C11H10F3N3O2S. The molecule has 0 aromatic carbocycles. The maximum atomic E-state index is 12.6. The summed E-state index contributed by atoms with van der Waals surface area (Å²) in [6, 6.07) is 2.22. The average Bonchev–Trinajstić information content (AvgIpc) is 2.65. The number of alkyl halides is 3. The van der Waals surface area contributed by atoms with Crippen LogP contribution in [0.5, 0.6) is 0 Å². The highest BCUT2D eigenvalue weighted by atomic mass is 32.2. The molecule has 1 amide bonds. The summed E-state index contributed by atoms with van der Waals surface area (Å²) < 4.78 is 38.9. The third kappa shape index (κ3) is 2.82. The second kappa shape index (κ2) is 5.23. The van der Waals surface area contributed by atoms with Gasteiger partial charge in [-0.2, -0.15) is 13.2 Å². The van der Waals surface area contributed by atoms with Gasteiger partial charge in [0.1, 0.15) is 0 Å². The van der Waals surface area contributed by atoms with Crippen molar-refractivity contribution < 1.29 is 23.1 Å². The summed E-state index contributed by atoms with van der Waals surface area (Å²) in [6.45, 7) is 1.85. The molecule has 0 saturated carbocycles. The highest BCUT2D eigenvalue weighted by Crippen LogP contribution is 2.34. The van der Waals surface area contributed by atoms with Crippen LogP contribution in [0.15, 0.2) is 23.2 Å². The van der Waals surface area contributed by atoms with Crippen molar-refractivity contribution in [3.8, 4) is 0 Å². The van der Waals surface area contributed by atoms with Gasteiger partial charge in [0, 0.05) is 6.20 Å². The van der Waals surface area contributed by atoms with E-state index in [2.05, 4.69) is 10.4 Å². The van der Waals surface area contributed by atoms with Crippen LogP contribution in [0.1, 0.15) is 12.5 Å². The lowest BCUT2D eigenvalue weighted by Crippen LogP contribution is -2.08. The van der Waals surface area contributed by atoms with E-state index in [-0.39, 0.29) is 5.82 Å². The van der Waals surface area contributed by atoms with Gasteiger partial charge in [-0.05, 0) is 17.9 Å². The fourth-order valence-electron chi connectivity index (χ4n) is 1.66. The van der Waals surface area contributed by atoms with Gasteiger partial charge in [-0.1, -0.05) is 6.92 Å². The fraction of sp³-hybridized carbons (Fsp3) is 0.273. The summed E-state index contributed by atoms with van der Waals surface area (Å²) in [5.41, 5.74) is -0.420. The van der Waals surface area contributed by atoms with E-state index in [4.69, 9.17) is 5.11 Å². The van der Waals surface area contributed by atoms with Gasteiger partial charge in [-0.25, -0.2) is 9.31 Å². The molecule has 2 heterocycles. The van der Waals surface area contributed by atoms with Gasteiger partial charge in [0.05, 0.1) is 16.0 Å². The summed E-state index contributed by atoms with van der Waals surface area (Å²) in [6.07, 6.45) is -4.96. The van der Waals surface area contributed by atoms with Crippen molar-refractivity contribution in [3.05, 3.63) is 23.9 Å². The van der Waals surface area contributed by atoms with Crippen molar-refractivity contribution in [2.24, 2.45) is 0 Å². The zero-order valence-corrected chi connectivity index (χ0v) is 11.0. The molecule has 20 heavy (non-hydrogen) atoms. The first-order chi connectivity index (χ1) is 9.32. The number of carboxylic acid groups (broad SMARTS) is 1. The Labute approximate surface area is 115 Å². The van der Waals surface area contributed by atoms with Gasteiger partial charge < -0.3 is 5.11 Å². The SMILES string of the molecule is CCSc1c(NC(=O)O)nn2cc(C(F)(F)F)ccc12. The second-order valence-corrected chi connectivity index (χ2v) is 5.06. The topological polar surface area (TPSA) is 66.6 Å². The third-order valence-corrected chi connectivity index (χ3v) is 3.41. The molecule has 5 nitrogen and oxygen atoms in total. The van der Waals surface area contributed by atoms with Crippen molar-refractivity contribution in [3.63, 3.8) is 0 Å². The van der Waals surface area contributed by atoms with E-state index in [0.717, 1.165) is 16.8 Å². The minimum atomic E-state index is -4.47. The minimum Gasteiger partial charge on any atom is -0.465 e. The number of thioether (sulfide) groups is 1. The molecule has 0 saturated heterocycles. The Morgan fingerprint density at radius 2 is 2.20 bits per heavy atom. The molecule has 2 rings (SSSR count). The first-order valence-electron chi connectivity index (χ1n) is 5.55. The zero-order valence-electron chi connectivity index (χ0n) is 10.2. The third-order valence-electron chi connectivity index (χ3n) is 2.43. The van der Waals surface area contributed by atoms with Crippen molar-refractivity contribution in [1.82, 2.24) is 9.61 Å². The molecule has 2 aromatic rings. The van der Waals surface area contributed by atoms with Crippen LogP contribution in [0.4, 0.5) is 23.8 Å². The van der Waals surface area contributed by atoms with E-state index in [1.165, 1.54) is 17.8 Å². The number of aromatic nitrogens is 2. The van der Waals surface area contributed by atoms with E-state index >= 15 is 0 Å². The Morgan fingerprint density at radius 1 is 1.50 bits per heavy atom. The molecule has 0 unspecified atom stereocenters. The van der Waals surface area contributed by atoms with Crippen molar-refractivity contribution in [1.29, 1.82) is 0 Å². The van der Waals surface area contributed by atoms with E-state index in [1.807, 2.05) is 6.92 Å². The molecule has 0 aliphatic rings. The zero-order chi connectivity index (χ0) is 14.9. The second-order valence-electron chi connectivity index (χ2n) is 3.79. The Hall–Kier alpha value is -1.90. The number of hydrogen-bond acceptors (Lipinski definition) is 3. The highest BCUT2D eigenvalue weighted by molar-refractivity contribution is 7.99. The minimum absolute atomic E-state index is 0.0312. The lowest BCUT2D eigenvalue weighted by Gasteiger charge is -2.06. The standard InChI is InChI=1S/C11H10F3N3O2S/c1-2-20-8-7-4-3-6(11(12,13)14)5-17(7)16-9(8)15-10(18)19/h3-5H,2H2,1H3,(H,15,16)(H,18,19). The van der Waals surface area contributed by atoms with Crippen LogP contribution in [0.2, 0.25) is 0 Å². The average molecular weight is 305 g/mol. The van der Waals surface area contributed by atoms with Crippen LogP contribution in [0.25, 0.3) is 5.52 Å². The van der Waals surface area contributed by atoms with Crippen LogP contribution in [0, 0.1) is 0 Å². The fourth-order valence-corrected chi connectivity index (χ4v) is 2.49. The first-order valence-corrected chi connectivity index (χ1v) is 6.53. The molecule has 0 fully saturated rings. The van der Waals surface area contributed by atoms with E-state index < -0.39 is 17.8 Å². The maximum Gasteiger partial charge on any atom is 0.417 e. The molecule has 0 bridgehead atoms. The summed E-state index contributed by atoms with van der Waals surface area (Å²) in [5, 5.41) is 14.7. The number of pyridine rings is 1. The van der Waals surface area contributed by atoms with E-state index in [1.54, 1.807) is 0 Å². The van der Waals surface area contributed by atoms with Crippen LogP contribution < -0.4 is 5.32 Å². The number of amides is 1. The molecule has 0 aliphatic heterocycles. The van der Waals surface area contributed by atoms with Gasteiger partial charge in [0.2, 0.25) is 0 Å². The van der Waals surface area contributed by atoms with Crippen LogP contribution in [-0.4, -0.2) is 26.6 Å². The molecule has 0 aliphatic carbocycles. The Balaban J connectivity index is 2.57. The first kappa shape index (κ1) is 14.5. The lowest BCUT2D eigenvalue weighted by molar-refractivity contribution is -0.137. The summed E-state index contributed by atoms with van der Waals surface area (Å²) >= 11 is 1.30. The molecule has 0 spiro atoms. The van der Waals surface area contributed by atoms with Crippen LogP contribution in [-0.2, 0) is 6.18 Å². The summed E-state index contributed by atoms with van der Waals surface area (Å²) in [4.78, 5) is 11.2. The lowest BCUT2D eigenvalue weighted by atomic mass is 10.2. The van der Waals surface area contributed by atoms with Gasteiger partial charge in [-0.3, -0.25) is 5.32 Å². The van der Waals surface area contributed by atoms with E-state index in [0.29, 0.717) is 16.2 Å². The van der Waals surface area contributed by atoms with Gasteiger partial charge in [-0.15, -0.1) is 16.9 Å². The number of rotatable bonds is 3. The number of halogens is 3. The predicted octanol–water partition coefficient (Wildman–Crippen LogP) is 3.56. The number of nitrogens with zero attached hydrogens (tertiary/aromatic N) is 2. The normalized spacial score (nSPS) is 11.8. The molecule has 108 valence electrons. The van der Waals surface area contributed by atoms with Gasteiger partial charge in [0.15, 0.2) is 5.82 Å². The molecule has 9 heteroatoms. The number of fused-ring (bicyclic) bond motifs is 1. The Morgan fingerprint density at radius 3 is 2.75 bits per heavy atom. The largest absolute Gasteiger partial charge is 0.465 e. The van der Waals surface area contributed by atoms with Crippen molar-refractivity contribution in [2.75, 3.05) is 11.1 Å². The van der Waals surface area contributed by atoms with Crippen molar-refractivity contribution >= 4 is 29.2 Å². The quantitative estimate of drug-likeness (QED) is 0.851. The highest BCUT2D eigenvalue weighted by Gasteiger charge is 2.31. The maximum absolute atomic E-state index is 12.6. The number of nitrogens with one attached hydrogen (secondary N) is 1. The van der Waals surface area contributed by atoms with Crippen molar-refractivity contribution in [2.45, 2.75) is 18.0 Å². The molecule has 2 N–H and O–H groups in total. The smallest absolute Gasteiger partial charge is 0.417 e. The predicted molar refractivity (Wildman–Crippen MR) is 68.2 cm³/mol. The summed E-state index contributed by atoms with van der Waals surface area (Å²) in [5.74, 6) is 0.667. The molecule has 0 radical (unpaired) electrons. The van der Waals surface area contributed by atoms with Crippen LogP contribution in [0.3, 0.4) is 0 Å². The Kier molecular flexibility index (Phi) is 3.80. The van der Waals surface area contributed by atoms with Gasteiger partial charge in [0.25, 0.3) is 0 Å². The number of carbonyl (C=O) groups is 1. The molecule has 2 aromatic heterocycles.